The van der Waals surface area contributed by atoms with Crippen LogP contribution in [0.3, 0.4) is 0 Å². The second-order valence-corrected chi connectivity index (χ2v) is 7.72. The number of rotatable bonds is 5. The van der Waals surface area contributed by atoms with Gasteiger partial charge in [-0.3, -0.25) is 9.89 Å². The first-order chi connectivity index (χ1) is 13.5. The van der Waals surface area contributed by atoms with Crippen molar-refractivity contribution >= 4 is 29.0 Å². The number of aryl methyl sites for hydroxylation is 2. The van der Waals surface area contributed by atoms with E-state index in [1.54, 1.807) is 12.3 Å². The number of H-pyrrole nitrogens is 1. The van der Waals surface area contributed by atoms with Crippen LogP contribution in [0.2, 0.25) is 5.02 Å². The molecule has 6 nitrogen and oxygen atoms in total. The predicted molar refractivity (Wildman–Crippen MR) is 112 cm³/mol. The SMILES string of the molecule is CCc1[nH]n2c(=O)cc(CSc3nccc(C)n3)nc2c1-c1ccc(Cl)cc1. The van der Waals surface area contributed by atoms with E-state index in [1.807, 2.05) is 44.2 Å². The van der Waals surface area contributed by atoms with E-state index in [0.717, 1.165) is 28.9 Å². The average molecular weight is 412 g/mol. The number of halogens is 1. The van der Waals surface area contributed by atoms with Crippen LogP contribution in [-0.4, -0.2) is 24.6 Å². The lowest BCUT2D eigenvalue weighted by molar-refractivity contribution is 0.851. The highest BCUT2D eigenvalue weighted by Gasteiger charge is 2.16. The highest BCUT2D eigenvalue weighted by atomic mass is 35.5. The molecular weight excluding hydrogens is 394 g/mol. The van der Waals surface area contributed by atoms with Gasteiger partial charge in [-0.1, -0.05) is 42.4 Å². The Morgan fingerprint density at radius 1 is 1.18 bits per heavy atom. The Kier molecular flexibility index (Phi) is 5.19. The normalized spacial score (nSPS) is 11.2. The van der Waals surface area contributed by atoms with Gasteiger partial charge in [-0.25, -0.2) is 19.5 Å². The molecule has 0 radical (unpaired) electrons. The van der Waals surface area contributed by atoms with E-state index in [4.69, 9.17) is 16.6 Å². The second kappa shape index (κ2) is 7.77. The minimum absolute atomic E-state index is 0.138. The third-order valence-electron chi connectivity index (χ3n) is 4.35. The Bertz CT molecular complexity index is 1200. The number of aromatic amines is 1. The van der Waals surface area contributed by atoms with Gasteiger partial charge in [0.15, 0.2) is 10.8 Å². The molecule has 1 N–H and O–H groups in total. The van der Waals surface area contributed by atoms with Crippen LogP contribution in [0.15, 0.2) is 52.5 Å². The minimum Gasteiger partial charge on any atom is -0.293 e. The van der Waals surface area contributed by atoms with Crippen LogP contribution >= 0.6 is 23.4 Å². The topological polar surface area (TPSA) is 75.9 Å². The predicted octanol–water partition coefficient (Wildman–Crippen LogP) is 4.30. The van der Waals surface area contributed by atoms with Crippen molar-refractivity contribution in [1.29, 1.82) is 0 Å². The van der Waals surface area contributed by atoms with Gasteiger partial charge < -0.3 is 0 Å². The Hall–Kier alpha value is -2.64. The van der Waals surface area contributed by atoms with Gasteiger partial charge in [0.2, 0.25) is 0 Å². The summed E-state index contributed by atoms with van der Waals surface area (Å²) in [4.78, 5) is 26.1. The zero-order valence-corrected chi connectivity index (χ0v) is 17.0. The minimum atomic E-state index is -0.138. The van der Waals surface area contributed by atoms with Crippen LogP contribution in [0, 0.1) is 6.92 Å². The molecule has 1 aromatic carbocycles. The van der Waals surface area contributed by atoms with Crippen molar-refractivity contribution in [3.8, 4) is 11.1 Å². The molecule has 4 aromatic rings. The molecular formula is C20H18ClN5OS. The number of benzene rings is 1. The molecule has 0 aliphatic rings. The molecule has 4 rings (SSSR count). The summed E-state index contributed by atoms with van der Waals surface area (Å²) >= 11 is 7.49. The van der Waals surface area contributed by atoms with Crippen molar-refractivity contribution in [2.75, 3.05) is 0 Å². The van der Waals surface area contributed by atoms with Gasteiger partial charge in [-0.05, 0) is 37.1 Å². The highest BCUT2D eigenvalue weighted by molar-refractivity contribution is 7.98. The average Bonchev–Trinajstić information content (AvgIpc) is 3.06. The van der Waals surface area contributed by atoms with Crippen molar-refractivity contribution in [3.05, 3.63) is 75.1 Å². The van der Waals surface area contributed by atoms with Gasteiger partial charge in [0, 0.05) is 40.0 Å². The second-order valence-electron chi connectivity index (χ2n) is 6.34. The first kappa shape index (κ1) is 18.7. The lowest BCUT2D eigenvalue weighted by atomic mass is 10.0. The fourth-order valence-corrected chi connectivity index (χ4v) is 3.91. The molecule has 0 saturated heterocycles. The van der Waals surface area contributed by atoms with Crippen LogP contribution in [0.25, 0.3) is 16.8 Å². The van der Waals surface area contributed by atoms with Gasteiger partial charge in [0.25, 0.3) is 5.56 Å². The summed E-state index contributed by atoms with van der Waals surface area (Å²) in [6.07, 6.45) is 2.48. The van der Waals surface area contributed by atoms with Gasteiger partial charge in [0.1, 0.15) is 0 Å². The number of fused-ring (bicyclic) bond motifs is 1. The maximum atomic E-state index is 12.7. The van der Waals surface area contributed by atoms with Gasteiger partial charge >= 0.3 is 0 Å². The largest absolute Gasteiger partial charge is 0.293 e. The van der Waals surface area contributed by atoms with Crippen molar-refractivity contribution in [3.63, 3.8) is 0 Å². The van der Waals surface area contributed by atoms with E-state index in [-0.39, 0.29) is 5.56 Å². The van der Waals surface area contributed by atoms with Crippen LogP contribution in [0.1, 0.15) is 24.0 Å². The van der Waals surface area contributed by atoms with Crippen LogP contribution in [0.5, 0.6) is 0 Å². The van der Waals surface area contributed by atoms with Crippen LogP contribution in [-0.2, 0) is 12.2 Å². The molecule has 0 saturated carbocycles. The highest BCUT2D eigenvalue weighted by Crippen LogP contribution is 2.29. The maximum absolute atomic E-state index is 12.7. The molecule has 0 amide bonds. The fraction of sp³-hybridized carbons (Fsp3) is 0.200. The standard InChI is InChI=1S/C20H18ClN5OS/c1-3-16-18(13-4-6-14(21)7-5-13)19-24-15(10-17(27)26(19)25-16)11-28-20-22-9-8-12(2)23-20/h4-10,25H,3,11H2,1-2H3. The van der Waals surface area contributed by atoms with Gasteiger partial charge in [-0.2, -0.15) is 0 Å². The fourth-order valence-electron chi connectivity index (χ4n) is 3.01. The Balaban J connectivity index is 1.77. The molecule has 0 spiro atoms. The summed E-state index contributed by atoms with van der Waals surface area (Å²) in [6, 6.07) is 11.0. The summed E-state index contributed by atoms with van der Waals surface area (Å²) in [5, 5.41) is 4.52. The van der Waals surface area contributed by atoms with E-state index >= 15 is 0 Å². The van der Waals surface area contributed by atoms with E-state index in [2.05, 4.69) is 15.1 Å². The number of hydrogen-bond acceptors (Lipinski definition) is 5. The van der Waals surface area contributed by atoms with Crippen LogP contribution < -0.4 is 5.56 Å². The third-order valence-corrected chi connectivity index (χ3v) is 5.50. The summed E-state index contributed by atoms with van der Waals surface area (Å²) in [7, 11) is 0. The molecule has 3 heterocycles. The molecule has 3 aromatic heterocycles. The first-order valence-electron chi connectivity index (χ1n) is 8.87. The molecule has 0 aliphatic carbocycles. The molecule has 8 heteroatoms. The van der Waals surface area contributed by atoms with Crippen molar-refractivity contribution in [2.24, 2.45) is 0 Å². The number of nitrogens with zero attached hydrogens (tertiary/aromatic N) is 4. The first-order valence-corrected chi connectivity index (χ1v) is 10.2. The quantitative estimate of drug-likeness (QED) is 0.391. The molecule has 0 aliphatic heterocycles. The number of hydrogen-bond donors (Lipinski definition) is 1. The Morgan fingerprint density at radius 2 is 1.96 bits per heavy atom. The molecule has 0 unspecified atom stereocenters. The molecule has 0 atom stereocenters. The summed E-state index contributed by atoms with van der Waals surface area (Å²) in [6.45, 7) is 3.97. The number of nitrogens with one attached hydrogen (secondary N) is 1. The summed E-state index contributed by atoms with van der Waals surface area (Å²) in [5.41, 5.74) is 4.93. The van der Waals surface area contributed by atoms with E-state index in [9.17, 15) is 4.79 Å². The molecule has 0 bridgehead atoms. The monoisotopic (exact) mass is 411 g/mol. The van der Waals surface area contributed by atoms with E-state index in [1.165, 1.54) is 16.3 Å². The zero-order chi connectivity index (χ0) is 19.7. The maximum Gasteiger partial charge on any atom is 0.272 e. The van der Waals surface area contributed by atoms with Gasteiger partial charge in [0.05, 0.1) is 5.69 Å². The lowest BCUT2D eigenvalue weighted by Gasteiger charge is -2.04. The Labute approximate surface area is 171 Å². The smallest absolute Gasteiger partial charge is 0.272 e. The van der Waals surface area contributed by atoms with Gasteiger partial charge in [-0.15, -0.1) is 0 Å². The molecule has 28 heavy (non-hydrogen) atoms. The number of thioether (sulfide) groups is 1. The Morgan fingerprint density at radius 3 is 2.68 bits per heavy atom. The summed E-state index contributed by atoms with van der Waals surface area (Å²) in [5.74, 6) is 0.516. The van der Waals surface area contributed by atoms with Crippen LogP contribution in [0.4, 0.5) is 0 Å². The van der Waals surface area contributed by atoms with E-state index < -0.39 is 0 Å². The van der Waals surface area contributed by atoms with Crippen molar-refractivity contribution < 1.29 is 0 Å². The van der Waals surface area contributed by atoms with E-state index in [0.29, 0.717) is 27.3 Å². The molecule has 142 valence electrons. The zero-order valence-electron chi connectivity index (χ0n) is 15.4. The third kappa shape index (κ3) is 3.68. The summed E-state index contributed by atoms with van der Waals surface area (Å²) < 4.78 is 1.50. The molecule has 0 fully saturated rings. The lowest BCUT2D eigenvalue weighted by Crippen LogP contribution is -2.15. The number of aromatic nitrogens is 5. The van der Waals surface area contributed by atoms with Crippen molar-refractivity contribution in [1.82, 2.24) is 24.6 Å². The van der Waals surface area contributed by atoms with Crippen molar-refractivity contribution in [2.45, 2.75) is 31.2 Å².